The Labute approximate surface area is 193 Å². The summed E-state index contributed by atoms with van der Waals surface area (Å²) in [6.45, 7) is 2.79. The minimum Gasteiger partial charge on any atom is -0.495 e. The molecule has 1 aliphatic heterocycles. The van der Waals surface area contributed by atoms with Crippen molar-refractivity contribution < 1.29 is 27.4 Å². The van der Waals surface area contributed by atoms with Gasteiger partial charge in [0.1, 0.15) is 5.75 Å². The molecule has 2 aromatic rings. The maximum absolute atomic E-state index is 12.9. The fraction of sp³-hybridized carbons (Fsp3) is 0.409. The van der Waals surface area contributed by atoms with Gasteiger partial charge in [0.25, 0.3) is 0 Å². The third kappa shape index (κ3) is 5.31. The molecule has 2 aromatic carbocycles. The second kappa shape index (κ2) is 10.5. The molecule has 1 saturated heterocycles. The first-order valence-electron chi connectivity index (χ1n) is 10.2. The Bertz CT molecular complexity index is 1070. The van der Waals surface area contributed by atoms with Crippen molar-refractivity contribution in [1.29, 1.82) is 0 Å². The largest absolute Gasteiger partial charge is 0.495 e. The number of ether oxygens (including phenoxy) is 3. The molecule has 32 heavy (non-hydrogen) atoms. The predicted octanol–water partition coefficient (Wildman–Crippen LogP) is 3.62. The lowest BCUT2D eigenvalue weighted by Crippen LogP contribution is -2.28. The first-order valence-corrected chi connectivity index (χ1v) is 12.5. The number of rotatable bonds is 9. The Morgan fingerprint density at radius 3 is 2.22 bits per heavy atom. The van der Waals surface area contributed by atoms with Crippen molar-refractivity contribution in [2.75, 3.05) is 39.7 Å². The SMILES string of the molecule is COc1ccc(S(=O)(=O)N2CCCC2)cc1NC(=O)C(C)Sc1ccc(OC)c(OC)c1. The van der Waals surface area contributed by atoms with Crippen molar-refractivity contribution in [3.63, 3.8) is 0 Å². The fourth-order valence-corrected chi connectivity index (χ4v) is 5.84. The molecule has 0 saturated carbocycles. The van der Waals surface area contributed by atoms with Crippen LogP contribution < -0.4 is 19.5 Å². The summed E-state index contributed by atoms with van der Waals surface area (Å²) < 4.78 is 43.2. The smallest absolute Gasteiger partial charge is 0.243 e. The van der Waals surface area contributed by atoms with Gasteiger partial charge in [0.2, 0.25) is 15.9 Å². The van der Waals surface area contributed by atoms with Gasteiger partial charge < -0.3 is 19.5 Å². The number of nitrogens with zero attached hydrogens (tertiary/aromatic N) is 1. The number of nitrogens with one attached hydrogen (secondary N) is 1. The highest BCUT2D eigenvalue weighted by atomic mass is 32.2. The van der Waals surface area contributed by atoms with Crippen LogP contribution in [0.2, 0.25) is 0 Å². The van der Waals surface area contributed by atoms with Crippen LogP contribution in [0.5, 0.6) is 17.2 Å². The van der Waals surface area contributed by atoms with Gasteiger partial charge in [0.05, 0.1) is 37.2 Å². The number of sulfonamides is 1. The molecule has 1 unspecified atom stereocenters. The van der Waals surface area contributed by atoms with Gasteiger partial charge in [0, 0.05) is 18.0 Å². The number of hydrogen-bond acceptors (Lipinski definition) is 7. The van der Waals surface area contributed by atoms with E-state index < -0.39 is 15.3 Å². The van der Waals surface area contributed by atoms with E-state index in [4.69, 9.17) is 14.2 Å². The van der Waals surface area contributed by atoms with E-state index in [0.29, 0.717) is 36.0 Å². The number of carbonyl (C=O) groups is 1. The van der Waals surface area contributed by atoms with Gasteiger partial charge in [-0.3, -0.25) is 4.79 Å². The van der Waals surface area contributed by atoms with Crippen molar-refractivity contribution in [2.45, 2.75) is 34.8 Å². The third-order valence-corrected chi connectivity index (χ3v) is 8.16. The van der Waals surface area contributed by atoms with E-state index in [1.165, 1.54) is 35.3 Å². The van der Waals surface area contributed by atoms with Crippen molar-refractivity contribution in [3.8, 4) is 17.2 Å². The zero-order valence-corrected chi connectivity index (χ0v) is 20.2. The van der Waals surface area contributed by atoms with Crippen LogP contribution in [0.4, 0.5) is 5.69 Å². The minimum atomic E-state index is -3.61. The third-order valence-electron chi connectivity index (χ3n) is 5.17. The summed E-state index contributed by atoms with van der Waals surface area (Å²) in [5, 5.41) is 2.35. The van der Waals surface area contributed by atoms with E-state index in [-0.39, 0.29) is 10.8 Å². The van der Waals surface area contributed by atoms with Crippen molar-refractivity contribution in [3.05, 3.63) is 36.4 Å². The van der Waals surface area contributed by atoms with Crippen LogP contribution in [0, 0.1) is 0 Å². The van der Waals surface area contributed by atoms with E-state index in [0.717, 1.165) is 17.7 Å². The molecule has 0 aromatic heterocycles. The molecule has 1 amide bonds. The summed E-state index contributed by atoms with van der Waals surface area (Å²) in [7, 11) is 0.979. The first kappa shape index (κ1) is 24.2. The van der Waals surface area contributed by atoms with Crippen LogP contribution in [0.15, 0.2) is 46.2 Å². The molecule has 0 aliphatic carbocycles. The number of methoxy groups -OCH3 is 3. The zero-order valence-electron chi connectivity index (χ0n) is 18.6. The lowest BCUT2D eigenvalue weighted by atomic mass is 10.3. The summed E-state index contributed by atoms with van der Waals surface area (Å²) in [6, 6.07) is 9.95. The standard InChI is InChI=1S/C22H28N2O6S2/c1-15(31-16-7-9-20(29-3)21(13-16)30-4)22(25)23-18-14-17(8-10-19(18)28-2)32(26,27)24-11-5-6-12-24/h7-10,13-15H,5-6,11-12H2,1-4H3,(H,23,25). The van der Waals surface area contributed by atoms with Gasteiger partial charge in [-0.05, 0) is 56.2 Å². The van der Waals surface area contributed by atoms with E-state index >= 15 is 0 Å². The average Bonchev–Trinajstić information content (AvgIpc) is 3.34. The second-order valence-electron chi connectivity index (χ2n) is 7.24. The van der Waals surface area contributed by atoms with Gasteiger partial charge in [-0.2, -0.15) is 4.31 Å². The Kier molecular flexibility index (Phi) is 7.91. The number of thioether (sulfide) groups is 1. The Morgan fingerprint density at radius 2 is 1.59 bits per heavy atom. The highest BCUT2D eigenvalue weighted by molar-refractivity contribution is 8.00. The number of benzene rings is 2. The Morgan fingerprint density at radius 1 is 0.969 bits per heavy atom. The van der Waals surface area contributed by atoms with Gasteiger partial charge in [-0.15, -0.1) is 11.8 Å². The van der Waals surface area contributed by atoms with E-state index in [1.807, 2.05) is 6.07 Å². The highest BCUT2D eigenvalue weighted by Gasteiger charge is 2.28. The molecule has 0 radical (unpaired) electrons. The van der Waals surface area contributed by atoms with Crippen LogP contribution >= 0.6 is 11.8 Å². The first-order chi connectivity index (χ1) is 15.3. The monoisotopic (exact) mass is 480 g/mol. The highest BCUT2D eigenvalue weighted by Crippen LogP contribution is 2.35. The molecular formula is C22H28N2O6S2. The van der Waals surface area contributed by atoms with E-state index in [1.54, 1.807) is 39.3 Å². The number of amides is 1. The van der Waals surface area contributed by atoms with Crippen LogP contribution in [-0.2, 0) is 14.8 Å². The normalized spacial score (nSPS) is 15.2. The maximum Gasteiger partial charge on any atom is 0.243 e. The molecule has 8 nitrogen and oxygen atoms in total. The van der Waals surface area contributed by atoms with Crippen molar-refractivity contribution >= 4 is 33.4 Å². The Hall–Kier alpha value is -2.43. The Balaban J connectivity index is 1.77. The number of anilines is 1. The second-order valence-corrected chi connectivity index (χ2v) is 10.6. The summed E-state index contributed by atoms with van der Waals surface area (Å²) >= 11 is 1.35. The molecule has 1 N–H and O–H groups in total. The molecule has 1 aliphatic rings. The summed E-state index contributed by atoms with van der Waals surface area (Å²) in [5.74, 6) is 1.29. The zero-order chi connectivity index (χ0) is 23.3. The molecule has 174 valence electrons. The lowest BCUT2D eigenvalue weighted by Gasteiger charge is -2.18. The molecular weight excluding hydrogens is 452 g/mol. The molecule has 1 heterocycles. The molecule has 0 spiro atoms. The van der Waals surface area contributed by atoms with Gasteiger partial charge in [0.15, 0.2) is 11.5 Å². The summed E-state index contributed by atoms with van der Waals surface area (Å²) in [4.78, 5) is 13.8. The lowest BCUT2D eigenvalue weighted by molar-refractivity contribution is -0.115. The molecule has 1 fully saturated rings. The average molecular weight is 481 g/mol. The van der Waals surface area contributed by atoms with Crippen LogP contribution in [-0.4, -0.2) is 58.3 Å². The molecule has 1 atom stereocenters. The summed E-state index contributed by atoms with van der Waals surface area (Å²) in [6.07, 6.45) is 1.70. The van der Waals surface area contributed by atoms with Crippen LogP contribution in [0.3, 0.4) is 0 Å². The topological polar surface area (TPSA) is 94.2 Å². The van der Waals surface area contributed by atoms with Gasteiger partial charge >= 0.3 is 0 Å². The molecule has 0 bridgehead atoms. The number of carbonyl (C=O) groups excluding carboxylic acids is 1. The van der Waals surface area contributed by atoms with E-state index in [9.17, 15) is 13.2 Å². The summed E-state index contributed by atoms with van der Waals surface area (Å²) in [5.41, 5.74) is 0.317. The quantitative estimate of drug-likeness (QED) is 0.548. The van der Waals surface area contributed by atoms with E-state index in [2.05, 4.69) is 5.32 Å². The van der Waals surface area contributed by atoms with Gasteiger partial charge in [-0.1, -0.05) is 0 Å². The van der Waals surface area contributed by atoms with Crippen molar-refractivity contribution in [2.24, 2.45) is 0 Å². The van der Waals surface area contributed by atoms with Crippen LogP contribution in [0.25, 0.3) is 0 Å². The molecule has 10 heteroatoms. The van der Waals surface area contributed by atoms with Gasteiger partial charge in [-0.25, -0.2) is 8.42 Å². The van der Waals surface area contributed by atoms with Crippen molar-refractivity contribution in [1.82, 2.24) is 4.31 Å². The van der Waals surface area contributed by atoms with Crippen LogP contribution in [0.1, 0.15) is 19.8 Å². The number of hydrogen-bond donors (Lipinski definition) is 1. The fourth-order valence-electron chi connectivity index (χ4n) is 3.40. The minimum absolute atomic E-state index is 0.135. The maximum atomic E-state index is 12.9. The molecule has 3 rings (SSSR count). The predicted molar refractivity (Wildman–Crippen MR) is 124 cm³/mol.